The lowest BCUT2D eigenvalue weighted by atomic mass is 9.93. The third-order valence-electron chi connectivity index (χ3n) is 2.79. The first-order chi connectivity index (χ1) is 9.24. The van der Waals surface area contributed by atoms with Gasteiger partial charge in [-0.2, -0.15) is 0 Å². The number of sulfonamides is 1. The molecule has 0 amide bonds. The molecule has 0 aliphatic carbocycles. The van der Waals surface area contributed by atoms with E-state index in [1.807, 2.05) is 0 Å². The lowest BCUT2D eigenvalue weighted by Gasteiger charge is -2.17. The fourth-order valence-corrected chi connectivity index (χ4v) is 2.59. The Labute approximate surface area is 122 Å². The number of furan rings is 1. The van der Waals surface area contributed by atoms with Gasteiger partial charge in [0, 0.05) is 6.54 Å². The van der Waals surface area contributed by atoms with Crippen molar-refractivity contribution in [2.24, 2.45) is 5.41 Å². The van der Waals surface area contributed by atoms with Crippen LogP contribution in [-0.4, -0.2) is 21.5 Å². The Morgan fingerprint density at radius 1 is 1.20 bits per heavy atom. The van der Waals surface area contributed by atoms with E-state index in [2.05, 4.69) is 37.7 Å². The normalized spacial score (nSPS) is 12.8. The maximum absolute atomic E-state index is 12.0. The first-order valence-corrected chi connectivity index (χ1v) is 8.52. The van der Waals surface area contributed by atoms with E-state index in [1.165, 1.54) is 6.07 Å². The third kappa shape index (κ3) is 6.07. The van der Waals surface area contributed by atoms with Crippen LogP contribution in [0, 0.1) is 5.41 Å². The summed E-state index contributed by atoms with van der Waals surface area (Å²) in [7, 11) is -3.54. The van der Waals surface area contributed by atoms with E-state index in [0.717, 1.165) is 19.4 Å². The van der Waals surface area contributed by atoms with Gasteiger partial charge in [0.1, 0.15) is 5.76 Å². The topological polar surface area (TPSA) is 71.3 Å². The summed E-state index contributed by atoms with van der Waals surface area (Å²) in [4.78, 5) is 0. The van der Waals surface area contributed by atoms with Crippen molar-refractivity contribution in [2.75, 3.05) is 13.1 Å². The minimum Gasteiger partial charge on any atom is -0.447 e. The van der Waals surface area contributed by atoms with E-state index in [4.69, 9.17) is 4.42 Å². The zero-order valence-corrected chi connectivity index (χ0v) is 13.6. The summed E-state index contributed by atoms with van der Waals surface area (Å²) in [5.41, 5.74) is 0.0981. The Bertz CT molecular complexity index is 501. The second-order valence-electron chi connectivity index (χ2n) is 6.11. The molecule has 5 nitrogen and oxygen atoms in total. The number of hydrogen-bond acceptors (Lipinski definition) is 4. The summed E-state index contributed by atoms with van der Waals surface area (Å²) in [6.07, 6.45) is 1.80. The average Bonchev–Trinajstić information content (AvgIpc) is 2.77. The molecule has 0 radical (unpaired) electrons. The van der Waals surface area contributed by atoms with Crippen LogP contribution in [0.4, 0.5) is 0 Å². The Kier molecular flexibility index (Phi) is 6.23. The Morgan fingerprint density at radius 2 is 1.90 bits per heavy atom. The maximum Gasteiger partial charge on any atom is 0.273 e. The first kappa shape index (κ1) is 17.2. The van der Waals surface area contributed by atoms with E-state index in [9.17, 15) is 8.42 Å². The molecule has 1 aromatic heterocycles. The van der Waals surface area contributed by atoms with Crippen LogP contribution < -0.4 is 10.0 Å². The summed E-state index contributed by atoms with van der Waals surface area (Å²) in [6.45, 7) is 10.1. The van der Waals surface area contributed by atoms with E-state index < -0.39 is 10.0 Å². The molecule has 1 heterocycles. The van der Waals surface area contributed by atoms with Gasteiger partial charge >= 0.3 is 0 Å². The Balaban J connectivity index is 2.55. The van der Waals surface area contributed by atoms with Crippen molar-refractivity contribution in [3.8, 4) is 0 Å². The third-order valence-corrected chi connectivity index (χ3v) is 4.13. The van der Waals surface area contributed by atoms with Crippen LogP contribution in [0.1, 0.15) is 46.3 Å². The predicted molar refractivity (Wildman–Crippen MR) is 80.0 cm³/mol. The highest BCUT2D eigenvalue weighted by Gasteiger charge is 2.19. The van der Waals surface area contributed by atoms with Gasteiger partial charge in [0.25, 0.3) is 10.0 Å². The van der Waals surface area contributed by atoms with Crippen LogP contribution in [0.5, 0.6) is 0 Å². The monoisotopic (exact) mass is 302 g/mol. The van der Waals surface area contributed by atoms with E-state index in [1.54, 1.807) is 6.07 Å². The van der Waals surface area contributed by atoms with Crippen molar-refractivity contribution >= 4 is 10.0 Å². The van der Waals surface area contributed by atoms with Crippen molar-refractivity contribution < 1.29 is 12.8 Å². The van der Waals surface area contributed by atoms with Crippen molar-refractivity contribution in [1.29, 1.82) is 0 Å². The van der Waals surface area contributed by atoms with Crippen molar-refractivity contribution in [3.05, 3.63) is 17.9 Å². The van der Waals surface area contributed by atoms with E-state index >= 15 is 0 Å². The summed E-state index contributed by atoms with van der Waals surface area (Å²) in [6, 6.07) is 3.20. The molecule has 1 rings (SSSR count). The van der Waals surface area contributed by atoms with Crippen LogP contribution in [0.25, 0.3) is 0 Å². The number of hydrogen-bond donors (Lipinski definition) is 2. The van der Waals surface area contributed by atoms with Crippen LogP contribution in [0.3, 0.4) is 0 Å². The lowest BCUT2D eigenvalue weighted by Crippen LogP contribution is -2.27. The minimum atomic E-state index is -3.54. The molecular formula is C14H26N2O3S. The second-order valence-corrected chi connectivity index (χ2v) is 7.80. The van der Waals surface area contributed by atoms with Gasteiger partial charge in [-0.3, -0.25) is 0 Å². The molecule has 0 fully saturated rings. The van der Waals surface area contributed by atoms with Gasteiger partial charge in [0.05, 0.1) is 6.54 Å². The van der Waals surface area contributed by atoms with Gasteiger partial charge in [0.15, 0.2) is 0 Å². The SMILES string of the molecule is CCCNCc1ccc(S(=O)(=O)NCCC(C)(C)C)o1. The number of nitrogens with one attached hydrogen (secondary N) is 2. The largest absolute Gasteiger partial charge is 0.447 e. The molecule has 6 heteroatoms. The standard InChI is InChI=1S/C14H26N2O3S/c1-5-9-15-11-12-6-7-13(19-12)20(17,18)16-10-8-14(2,3)4/h6-7,15-16H,5,8-11H2,1-4H3. The Hall–Kier alpha value is -0.850. The zero-order valence-electron chi connectivity index (χ0n) is 12.8. The molecule has 0 aliphatic rings. The molecule has 0 saturated carbocycles. The van der Waals surface area contributed by atoms with Gasteiger partial charge in [0.2, 0.25) is 5.09 Å². The Morgan fingerprint density at radius 3 is 2.50 bits per heavy atom. The smallest absolute Gasteiger partial charge is 0.273 e. The van der Waals surface area contributed by atoms with Gasteiger partial charge < -0.3 is 9.73 Å². The first-order valence-electron chi connectivity index (χ1n) is 7.04. The fourth-order valence-electron chi connectivity index (χ4n) is 1.62. The lowest BCUT2D eigenvalue weighted by molar-refractivity contribution is 0.373. The molecule has 0 spiro atoms. The highest BCUT2D eigenvalue weighted by molar-refractivity contribution is 7.89. The van der Waals surface area contributed by atoms with Gasteiger partial charge in [-0.15, -0.1) is 0 Å². The molecule has 0 unspecified atom stereocenters. The fraction of sp³-hybridized carbons (Fsp3) is 0.714. The van der Waals surface area contributed by atoms with Crippen LogP contribution >= 0.6 is 0 Å². The highest BCUT2D eigenvalue weighted by atomic mass is 32.2. The number of rotatable bonds is 8. The van der Waals surface area contributed by atoms with Crippen LogP contribution in [-0.2, 0) is 16.6 Å². The summed E-state index contributed by atoms with van der Waals surface area (Å²) >= 11 is 0. The zero-order chi connectivity index (χ0) is 15.2. The van der Waals surface area contributed by atoms with Gasteiger partial charge in [-0.25, -0.2) is 13.1 Å². The van der Waals surface area contributed by atoms with Crippen molar-refractivity contribution in [3.63, 3.8) is 0 Å². The molecular weight excluding hydrogens is 276 g/mol. The molecule has 1 aromatic rings. The van der Waals surface area contributed by atoms with Crippen molar-refractivity contribution in [1.82, 2.24) is 10.0 Å². The molecule has 116 valence electrons. The van der Waals surface area contributed by atoms with Gasteiger partial charge in [-0.05, 0) is 36.9 Å². The second kappa shape index (κ2) is 7.24. The van der Waals surface area contributed by atoms with Crippen LogP contribution in [0.2, 0.25) is 0 Å². The van der Waals surface area contributed by atoms with Crippen molar-refractivity contribution in [2.45, 2.75) is 52.2 Å². The molecule has 0 atom stereocenters. The minimum absolute atomic E-state index is 0.0142. The van der Waals surface area contributed by atoms with E-state index in [0.29, 0.717) is 18.8 Å². The average molecular weight is 302 g/mol. The molecule has 0 bridgehead atoms. The molecule has 0 aliphatic heterocycles. The molecule has 0 aromatic carbocycles. The molecule has 2 N–H and O–H groups in total. The highest BCUT2D eigenvalue weighted by Crippen LogP contribution is 2.18. The van der Waals surface area contributed by atoms with Crippen LogP contribution in [0.15, 0.2) is 21.6 Å². The molecule has 20 heavy (non-hydrogen) atoms. The summed E-state index contributed by atoms with van der Waals surface area (Å²) in [5, 5.41) is 3.16. The summed E-state index contributed by atoms with van der Waals surface area (Å²) < 4.78 is 32.0. The van der Waals surface area contributed by atoms with Gasteiger partial charge in [-0.1, -0.05) is 27.7 Å². The predicted octanol–water partition coefficient (Wildman–Crippen LogP) is 2.49. The molecule has 0 saturated heterocycles. The van der Waals surface area contributed by atoms with E-state index in [-0.39, 0.29) is 10.5 Å². The summed E-state index contributed by atoms with van der Waals surface area (Å²) in [5.74, 6) is 0.634. The quantitative estimate of drug-likeness (QED) is 0.724. The maximum atomic E-state index is 12.0.